The van der Waals surface area contributed by atoms with Crippen molar-refractivity contribution in [3.63, 3.8) is 0 Å². The molecule has 0 atom stereocenters. The number of allylic oxidation sites excluding steroid dienone is 1. The van der Waals surface area contributed by atoms with Gasteiger partial charge >= 0.3 is 0 Å². The van der Waals surface area contributed by atoms with E-state index in [1.54, 1.807) is 32.0 Å². The molecule has 0 radical (unpaired) electrons. The molecule has 2 aromatic rings. The largest absolute Gasteiger partial charge is 0.348 e. The van der Waals surface area contributed by atoms with Crippen molar-refractivity contribution in [2.75, 3.05) is 0 Å². The molecule has 0 spiro atoms. The molecule has 0 bridgehead atoms. The highest BCUT2D eigenvalue weighted by Crippen LogP contribution is 2.22. The fourth-order valence-electron chi connectivity index (χ4n) is 2.67. The fraction of sp³-hybridized carbons (Fsp3) is 0.286. The van der Waals surface area contributed by atoms with Gasteiger partial charge in [-0.25, -0.2) is 13.1 Å². The molecule has 0 aliphatic heterocycles. The van der Waals surface area contributed by atoms with Crippen LogP contribution in [-0.4, -0.2) is 20.4 Å². The third kappa shape index (κ3) is 7.11. The molecule has 2 rings (SSSR count). The topological polar surface area (TPSA) is 75.3 Å². The summed E-state index contributed by atoms with van der Waals surface area (Å²) in [6.07, 6.45) is 1.51. The molecule has 7 heteroatoms. The summed E-state index contributed by atoms with van der Waals surface area (Å²) in [5, 5.41) is 3.42. The van der Waals surface area contributed by atoms with E-state index in [9.17, 15) is 13.2 Å². The molecular weight excluding hydrogens is 396 g/mol. The molecular formula is C21H25ClN2O3S. The lowest BCUT2D eigenvalue weighted by molar-refractivity contribution is -0.116. The maximum absolute atomic E-state index is 12.2. The van der Waals surface area contributed by atoms with E-state index in [-0.39, 0.29) is 17.7 Å². The lowest BCUT2D eigenvalue weighted by Crippen LogP contribution is -2.31. The molecule has 0 aromatic heterocycles. The highest BCUT2D eigenvalue weighted by Gasteiger charge is 2.12. The molecule has 0 unspecified atom stereocenters. The second-order valence-electron chi connectivity index (χ2n) is 6.87. The van der Waals surface area contributed by atoms with E-state index >= 15 is 0 Å². The van der Waals surface area contributed by atoms with Gasteiger partial charge in [-0.05, 0) is 49.1 Å². The van der Waals surface area contributed by atoms with Crippen LogP contribution < -0.4 is 10.0 Å². The number of rotatable bonds is 8. The Labute approximate surface area is 171 Å². The highest BCUT2D eigenvalue weighted by atomic mass is 35.5. The number of hydrogen-bond donors (Lipinski definition) is 2. The van der Waals surface area contributed by atoms with Gasteiger partial charge in [0.1, 0.15) is 0 Å². The number of carbonyl (C=O) groups is 1. The van der Waals surface area contributed by atoms with Crippen molar-refractivity contribution < 1.29 is 13.2 Å². The number of nitrogens with one attached hydrogen (secondary N) is 2. The quantitative estimate of drug-likeness (QED) is 0.636. The Morgan fingerprint density at radius 3 is 2.29 bits per heavy atom. The Hall–Kier alpha value is -2.15. The summed E-state index contributed by atoms with van der Waals surface area (Å²) in [6, 6.07) is 14.4. The molecule has 0 aliphatic rings. The Morgan fingerprint density at radius 1 is 1.07 bits per heavy atom. The number of carbonyl (C=O) groups excluding carboxylic acids is 1. The van der Waals surface area contributed by atoms with E-state index in [2.05, 4.69) is 10.0 Å². The van der Waals surface area contributed by atoms with Crippen LogP contribution in [0.25, 0.3) is 5.57 Å². The van der Waals surface area contributed by atoms with Crippen molar-refractivity contribution in [2.24, 2.45) is 0 Å². The standard InChI is InChI=1S/C21H25ClN2O3S/c1-15(2)24-28(26,27)14-18-10-8-17(9-11-18)13-23-21(25)12-16(3)19-6-4-5-7-20(19)22/h4-12,15,24H,13-14H2,1-3H3,(H,23,25)/b16-12-. The Kier molecular flexibility index (Phi) is 7.80. The van der Waals surface area contributed by atoms with Gasteiger partial charge in [-0.3, -0.25) is 4.79 Å². The van der Waals surface area contributed by atoms with Crippen molar-refractivity contribution >= 4 is 33.1 Å². The fourth-order valence-corrected chi connectivity index (χ4v) is 4.39. The van der Waals surface area contributed by atoms with Crippen molar-refractivity contribution in [3.8, 4) is 0 Å². The first-order chi connectivity index (χ1) is 13.2. The van der Waals surface area contributed by atoms with Crippen LogP contribution >= 0.6 is 11.6 Å². The first-order valence-electron chi connectivity index (χ1n) is 8.95. The van der Waals surface area contributed by atoms with Gasteiger partial charge in [0, 0.05) is 23.7 Å². The maximum Gasteiger partial charge on any atom is 0.244 e. The molecule has 0 saturated heterocycles. The molecule has 5 nitrogen and oxygen atoms in total. The summed E-state index contributed by atoms with van der Waals surface area (Å²) in [5.74, 6) is -0.289. The van der Waals surface area contributed by atoms with E-state index in [0.717, 1.165) is 16.7 Å². The van der Waals surface area contributed by atoms with Gasteiger partial charge in [0.15, 0.2) is 0 Å². The SMILES string of the molecule is C/C(=C/C(=O)NCc1ccc(CS(=O)(=O)NC(C)C)cc1)c1ccccc1Cl. The minimum atomic E-state index is -3.35. The first kappa shape index (κ1) is 22.1. The van der Waals surface area contributed by atoms with Gasteiger partial charge in [-0.15, -0.1) is 0 Å². The number of hydrogen-bond acceptors (Lipinski definition) is 3. The molecule has 0 heterocycles. The molecule has 2 aromatic carbocycles. The van der Waals surface area contributed by atoms with Gasteiger partial charge in [0.25, 0.3) is 0 Å². The van der Waals surface area contributed by atoms with E-state index in [1.807, 2.05) is 37.3 Å². The van der Waals surface area contributed by atoms with Crippen molar-refractivity contribution in [1.29, 1.82) is 0 Å². The lowest BCUT2D eigenvalue weighted by atomic mass is 10.1. The van der Waals surface area contributed by atoms with Crippen LogP contribution in [-0.2, 0) is 27.1 Å². The van der Waals surface area contributed by atoms with Crippen LogP contribution in [0.2, 0.25) is 5.02 Å². The minimum absolute atomic E-state index is 0.0718. The Balaban J connectivity index is 1.93. The summed E-state index contributed by atoms with van der Waals surface area (Å²) in [7, 11) is -3.35. The summed E-state index contributed by atoms with van der Waals surface area (Å²) in [4.78, 5) is 12.2. The monoisotopic (exact) mass is 420 g/mol. The molecule has 0 fully saturated rings. The lowest BCUT2D eigenvalue weighted by Gasteiger charge is -2.10. The van der Waals surface area contributed by atoms with Crippen molar-refractivity contribution in [1.82, 2.24) is 10.0 Å². The molecule has 0 saturated carbocycles. The van der Waals surface area contributed by atoms with Crippen LogP contribution in [0.1, 0.15) is 37.5 Å². The summed E-state index contributed by atoms with van der Waals surface area (Å²) in [5.41, 5.74) is 3.17. The summed E-state index contributed by atoms with van der Waals surface area (Å²) >= 11 is 6.14. The minimum Gasteiger partial charge on any atom is -0.348 e. The number of sulfonamides is 1. The molecule has 0 aliphatic carbocycles. The molecule has 1 amide bonds. The zero-order chi connectivity index (χ0) is 20.7. The molecule has 28 heavy (non-hydrogen) atoms. The first-order valence-corrected chi connectivity index (χ1v) is 11.0. The van der Waals surface area contributed by atoms with Gasteiger partial charge in [0.05, 0.1) is 5.75 Å². The van der Waals surface area contributed by atoms with Gasteiger partial charge in [-0.1, -0.05) is 54.1 Å². The third-order valence-corrected chi connectivity index (χ3v) is 5.78. The zero-order valence-electron chi connectivity index (χ0n) is 16.2. The van der Waals surface area contributed by atoms with Crippen molar-refractivity contribution in [2.45, 2.75) is 39.1 Å². The van der Waals surface area contributed by atoms with Crippen LogP contribution in [0.5, 0.6) is 0 Å². The average Bonchev–Trinajstić information content (AvgIpc) is 2.60. The van der Waals surface area contributed by atoms with Gasteiger partial charge in [0.2, 0.25) is 15.9 Å². The number of benzene rings is 2. The third-order valence-electron chi connectivity index (χ3n) is 3.91. The zero-order valence-corrected chi connectivity index (χ0v) is 17.8. The summed E-state index contributed by atoms with van der Waals surface area (Å²) < 4.78 is 26.5. The average molecular weight is 421 g/mol. The predicted molar refractivity (Wildman–Crippen MR) is 114 cm³/mol. The van der Waals surface area contributed by atoms with Crippen LogP contribution in [0, 0.1) is 0 Å². The summed E-state index contributed by atoms with van der Waals surface area (Å²) in [6.45, 7) is 5.75. The highest BCUT2D eigenvalue weighted by molar-refractivity contribution is 7.88. The smallest absolute Gasteiger partial charge is 0.244 e. The van der Waals surface area contributed by atoms with Gasteiger partial charge in [-0.2, -0.15) is 0 Å². The number of amides is 1. The number of halogens is 1. The molecule has 2 N–H and O–H groups in total. The van der Waals surface area contributed by atoms with E-state index in [4.69, 9.17) is 11.6 Å². The van der Waals surface area contributed by atoms with Crippen molar-refractivity contribution in [3.05, 3.63) is 76.3 Å². The normalized spacial score (nSPS) is 12.2. The Morgan fingerprint density at radius 2 is 1.68 bits per heavy atom. The predicted octanol–water partition coefficient (Wildman–Crippen LogP) is 3.89. The maximum atomic E-state index is 12.2. The van der Waals surface area contributed by atoms with Crippen LogP contribution in [0.4, 0.5) is 0 Å². The second kappa shape index (κ2) is 9.87. The van der Waals surface area contributed by atoms with E-state index in [1.165, 1.54) is 6.08 Å². The van der Waals surface area contributed by atoms with E-state index in [0.29, 0.717) is 17.1 Å². The Bertz CT molecular complexity index is 952. The van der Waals surface area contributed by atoms with Crippen LogP contribution in [0.15, 0.2) is 54.6 Å². The van der Waals surface area contributed by atoms with Gasteiger partial charge < -0.3 is 5.32 Å². The van der Waals surface area contributed by atoms with E-state index < -0.39 is 10.0 Å². The molecule has 150 valence electrons. The van der Waals surface area contributed by atoms with Crippen LogP contribution in [0.3, 0.4) is 0 Å². The second-order valence-corrected chi connectivity index (χ2v) is 9.03.